The average Bonchev–Trinajstić information content (AvgIpc) is 2.41. The minimum absolute atomic E-state index is 0.245. The molecule has 0 bridgehead atoms. The Labute approximate surface area is 116 Å². The van der Waals surface area contributed by atoms with Gasteiger partial charge in [-0.1, -0.05) is 13.8 Å². The second kappa shape index (κ2) is 9.28. The molecule has 0 aromatic rings. The van der Waals surface area contributed by atoms with Gasteiger partial charge in [-0.25, -0.2) is 0 Å². The highest BCUT2D eigenvalue weighted by Gasteiger charge is 2.24. The first-order valence-corrected chi connectivity index (χ1v) is 7.54. The number of hydrogen-bond donors (Lipinski definition) is 2. The molecule has 0 radical (unpaired) electrons. The standard InChI is InChI=1S/C14H29N3O2/c1-3-7-16-13(14(15)18)11-17-8-5-6-12(10-17)19-9-4-2/h12-13,16H,3-11H2,1-2H3,(H2,15,18). The predicted octanol–water partition coefficient (Wildman–Crippen LogP) is 0.731. The van der Waals surface area contributed by atoms with Gasteiger partial charge in [0.15, 0.2) is 0 Å². The normalized spacial score (nSPS) is 22.3. The van der Waals surface area contributed by atoms with Crippen LogP contribution in [-0.2, 0) is 9.53 Å². The molecule has 1 amide bonds. The molecule has 0 spiro atoms. The summed E-state index contributed by atoms with van der Waals surface area (Å²) in [6, 6.07) is -0.245. The number of piperidine rings is 1. The van der Waals surface area contributed by atoms with Crippen molar-refractivity contribution < 1.29 is 9.53 Å². The molecule has 1 rings (SSSR count). The fourth-order valence-corrected chi connectivity index (χ4v) is 2.43. The maximum Gasteiger partial charge on any atom is 0.235 e. The van der Waals surface area contributed by atoms with Crippen molar-refractivity contribution in [3.05, 3.63) is 0 Å². The molecule has 5 nitrogen and oxygen atoms in total. The van der Waals surface area contributed by atoms with E-state index in [2.05, 4.69) is 24.1 Å². The Bertz CT molecular complexity index is 261. The second-order valence-electron chi connectivity index (χ2n) is 5.30. The summed E-state index contributed by atoms with van der Waals surface area (Å²) < 4.78 is 5.81. The minimum Gasteiger partial charge on any atom is -0.377 e. The maximum absolute atomic E-state index is 11.4. The first-order chi connectivity index (χ1) is 9.17. The van der Waals surface area contributed by atoms with Crippen LogP contribution in [0.2, 0.25) is 0 Å². The van der Waals surface area contributed by atoms with E-state index in [1.807, 2.05) is 0 Å². The van der Waals surface area contributed by atoms with Gasteiger partial charge in [-0.3, -0.25) is 9.69 Å². The van der Waals surface area contributed by atoms with E-state index in [0.717, 1.165) is 51.9 Å². The maximum atomic E-state index is 11.4. The van der Waals surface area contributed by atoms with Gasteiger partial charge in [-0.2, -0.15) is 0 Å². The van der Waals surface area contributed by atoms with Gasteiger partial charge in [0.2, 0.25) is 5.91 Å². The van der Waals surface area contributed by atoms with Crippen molar-refractivity contribution in [2.75, 3.05) is 32.8 Å². The van der Waals surface area contributed by atoms with Crippen molar-refractivity contribution in [1.29, 1.82) is 0 Å². The van der Waals surface area contributed by atoms with Gasteiger partial charge in [0.05, 0.1) is 12.1 Å². The summed E-state index contributed by atoms with van der Waals surface area (Å²) in [5.74, 6) is -0.259. The van der Waals surface area contributed by atoms with Crippen LogP contribution in [0.1, 0.15) is 39.5 Å². The zero-order valence-corrected chi connectivity index (χ0v) is 12.4. The Morgan fingerprint density at radius 2 is 2.26 bits per heavy atom. The Hall–Kier alpha value is -0.650. The molecule has 1 fully saturated rings. The van der Waals surface area contributed by atoms with Crippen molar-refractivity contribution in [1.82, 2.24) is 10.2 Å². The summed E-state index contributed by atoms with van der Waals surface area (Å²) >= 11 is 0. The minimum atomic E-state index is -0.259. The summed E-state index contributed by atoms with van der Waals surface area (Å²) in [5.41, 5.74) is 5.45. The molecule has 1 saturated heterocycles. The molecular formula is C14H29N3O2. The number of nitrogens with one attached hydrogen (secondary N) is 1. The smallest absolute Gasteiger partial charge is 0.235 e. The van der Waals surface area contributed by atoms with Crippen LogP contribution in [-0.4, -0.2) is 55.7 Å². The number of amides is 1. The molecule has 2 unspecified atom stereocenters. The Kier molecular flexibility index (Phi) is 8.02. The third-order valence-electron chi connectivity index (χ3n) is 3.44. The van der Waals surface area contributed by atoms with E-state index in [1.165, 1.54) is 0 Å². The van der Waals surface area contributed by atoms with Gasteiger partial charge in [0.25, 0.3) is 0 Å². The molecule has 19 heavy (non-hydrogen) atoms. The second-order valence-corrected chi connectivity index (χ2v) is 5.30. The summed E-state index contributed by atoms with van der Waals surface area (Å²) in [6.45, 7) is 8.50. The lowest BCUT2D eigenvalue weighted by molar-refractivity contribution is -0.120. The van der Waals surface area contributed by atoms with Crippen LogP contribution in [0, 0.1) is 0 Å². The van der Waals surface area contributed by atoms with E-state index in [1.54, 1.807) is 0 Å². The first-order valence-electron chi connectivity index (χ1n) is 7.54. The molecule has 1 heterocycles. The highest BCUT2D eigenvalue weighted by Crippen LogP contribution is 2.13. The van der Waals surface area contributed by atoms with Crippen LogP contribution in [0.5, 0.6) is 0 Å². The van der Waals surface area contributed by atoms with E-state index < -0.39 is 0 Å². The molecule has 5 heteroatoms. The number of carbonyl (C=O) groups excluding carboxylic acids is 1. The average molecular weight is 271 g/mol. The zero-order chi connectivity index (χ0) is 14.1. The molecule has 112 valence electrons. The predicted molar refractivity (Wildman–Crippen MR) is 77.0 cm³/mol. The highest BCUT2D eigenvalue weighted by molar-refractivity contribution is 5.80. The third-order valence-corrected chi connectivity index (χ3v) is 3.44. The first kappa shape index (κ1) is 16.4. The lowest BCUT2D eigenvalue weighted by Crippen LogP contribution is -2.52. The monoisotopic (exact) mass is 271 g/mol. The van der Waals surface area contributed by atoms with Crippen molar-refractivity contribution in [3.8, 4) is 0 Å². The number of likely N-dealkylation sites (tertiary alicyclic amines) is 1. The number of carbonyl (C=O) groups is 1. The molecule has 0 aliphatic carbocycles. The van der Waals surface area contributed by atoms with E-state index in [-0.39, 0.29) is 11.9 Å². The van der Waals surface area contributed by atoms with E-state index in [4.69, 9.17) is 10.5 Å². The van der Waals surface area contributed by atoms with Crippen LogP contribution in [0.25, 0.3) is 0 Å². The number of rotatable bonds is 9. The highest BCUT2D eigenvalue weighted by atomic mass is 16.5. The molecule has 1 aliphatic rings. The lowest BCUT2D eigenvalue weighted by Gasteiger charge is -2.34. The molecular weight excluding hydrogens is 242 g/mol. The van der Waals surface area contributed by atoms with Crippen LogP contribution < -0.4 is 11.1 Å². The van der Waals surface area contributed by atoms with Gasteiger partial charge < -0.3 is 15.8 Å². The van der Waals surface area contributed by atoms with Gasteiger partial charge in [-0.15, -0.1) is 0 Å². The molecule has 0 saturated carbocycles. The summed E-state index contributed by atoms with van der Waals surface area (Å²) in [5, 5.41) is 3.22. The Morgan fingerprint density at radius 1 is 1.47 bits per heavy atom. The van der Waals surface area contributed by atoms with Crippen LogP contribution in [0.15, 0.2) is 0 Å². The summed E-state index contributed by atoms with van der Waals surface area (Å²) in [7, 11) is 0. The zero-order valence-electron chi connectivity index (χ0n) is 12.4. The van der Waals surface area contributed by atoms with Crippen LogP contribution in [0.3, 0.4) is 0 Å². The fraction of sp³-hybridized carbons (Fsp3) is 0.929. The fourth-order valence-electron chi connectivity index (χ4n) is 2.43. The molecule has 0 aromatic heterocycles. The summed E-state index contributed by atoms with van der Waals surface area (Å²) in [4.78, 5) is 13.7. The molecule has 2 atom stereocenters. The van der Waals surface area contributed by atoms with Gasteiger partial charge in [0, 0.05) is 19.7 Å². The van der Waals surface area contributed by atoms with E-state index in [9.17, 15) is 4.79 Å². The number of hydrogen-bond acceptors (Lipinski definition) is 4. The third kappa shape index (κ3) is 6.36. The quantitative estimate of drug-likeness (QED) is 0.649. The van der Waals surface area contributed by atoms with Crippen LogP contribution in [0.4, 0.5) is 0 Å². The number of ether oxygens (including phenoxy) is 1. The SMILES string of the molecule is CCCNC(CN1CCCC(OCCC)C1)C(N)=O. The van der Waals surface area contributed by atoms with Crippen molar-refractivity contribution in [2.45, 2.75) is 51.7 Å². The van der Waals surface area contributed by atoms with Gasteiger partial charge >= 0.3 is 0 Å². The largest absolute Gasteiger partial charge is 0.377 e. The van der Waals surface area contributed by atoms with Crippen molar-refractivity contribution >= 4 is 5.91 Å². The van der Waals surface area contributed by atoms with Crippen LogP contribution >= 0.6 is 0 Å². The molecule has 1 aliphatic heterocycles. The molecule has 0 aromatic carbocycles. The number of nitrogens with zero attached hydrogens (tertiary/aromatic N) is 1. The Balaban J connectivity index is 2.38. The van der Waals surface area contributed by atoms with Gasteiger partial charge in [-0.05, 0) is 38.8 Å². The topological polar surface area (TPSA) is 67.6 Å². The van der Waals surface area contributed by atoms with E-state index >= 15 is 0 Å². The lowest BCUT2D eigenvalue weighted by atomic mass is 10.1. The Morgan fingerprint density at radius 3 is 2.89 bits per heavy atom. The number of nitrogens with two attached hydrogens (primary N) is 1. The summed E-state index contributed by atoms with van der Waals surface area (Å²) in [6.07, 6.45) is 4.63. The number of primary amides is 1. The molecule has 3 N–H and O–H groups in total. The van der Waals surface area contributed by atoms with Gasteiger partial charge in [0.1, 0.15) is 0 Å². The van der Waals surface area contributed by atoms with Crippen molar-refractivity contribution in [2.24, 2.45) is 5.73 Å². The van der Waals surface area contributed by atoms with Crippen molar-refractivity contribution in [3.63, 3.8) is 0 Å². The van der Waals surface area contributed by atoms with E-state index in [0.29, 0.717) is 12.6 Å².